The number of hydrogen-bond acceptors (Lipinski definition) is 4. The second-order valence-corrected chi connectivity index (χ2v) is 6.27. The molecule has 2 rings (SSSR count). The SMILES string of the molecule is COC[C@@]1(CC(=O)NCCc2ccccc2F)CN(C(C)=O)CCO1. The van der Waals surface area contributed by atoms with Crippen LogP contribution >= 0.6 is 0 Å². The third kappa shape index (κ3) is 5.51. The minimum atomic E-state index is -0.846. The highest BCUT2D eigenvalue weighted by atomic mass is 19.1. The summed E-state index contributed by atoms with van der Waals surface area (Å²) in [5.41, 5.74) is -0.285. The smallest absolute Gasteiger partial charge is 0.223 e. The highest BCUT2D eigenvalue weighted by Gasteiger charge is 2.39. The van der Waals surface area contributed by atoms with Crippen LogP contribution in [0.15, 0.2) is 24.3 Å². The number of hydrogen-bond donors (Lipinski definition) is 1. The van der Waals surface area contributed by atoms with Crippen LogP contribution in [0.3, 0.4) is 0 Å². The minimum Gasteiger partial charge on any atom is -0.382 e. The fourth-order valence-electron chi connectivity index (χ4n) is 3.01. The number of methoxy groups -OCH3 is 1. The van der Waals surface area contributed by atoms with Gasteiger partial charge in [0.05, 0.1) is 26.2 Å². The van der Waals surface area contributed by atoms with Crippen molar-refractivity contribution in [1.29, 1.82) is 0 Å². The first-order valence-electron chi connectivity index (χ1n) is 8.34. The monoisotopic (exact) mass is 352 g/mol. The van der Waals surface area contributed by atoms with Gasteiger partial charge in [-0.3, -0.25) is 9.59 Å². The number of nitrogens with one attached hydrogen (secondary N) is 1. The normalized spacial score (nSPS) is 20.4. The second kappa shape index (κ2) is 8.92. The molecule has 1 aliphatic heterocycles. The number of nitrogens with zero attached hydrogens (tertiary/aromatic N) is 1. The highest BCUT2D eigenvalue weighted by Crippen LogP contribution is 2.23. The largest absolute Gasteiger partial charge is 0.382 e. The van der Waals surface area contributed by atoms with Gasteiger partial charge in [-0.1, -0.05) is 18.2 Å². The van der Waals surface area contributed by atoms with Crippen molar-refractivity contribution in [1.82, 2.24) is 10.2 Å². The van der Waals surface area contributed by atoms with E-state index in [1.54, 1.807) is 23.1 Å². The number of morpholine rings is 1. The molecule has 1 heterocycles. The second-order valence-electron chi connectivity index (χ2n) is 6.27. The van der Waals surface area contributed by atoms with E-state index in [0.29, 0.717) is 38.2 Å². The number of ether oxygens (including phenoxy) is 2. The number of carbonyl (C=O) groups is 2. The van der Waals surface area contributed by atoms with Crippen molar-refractivity contribution in [3.8, 4) is 0 Å². The quantitative estimate of drug-likeness (QED) is 0.799. The first-order valence-corrected chi connectivity index (χ1v) is 8.34. The van der Waals surface area contributed by atoms with Gasteiger partial charge in [-0.05, 0) is 18.1 Å². The van der Waals surface area contributed by atoms with Gasteiger partial charge in [-0.25, -0.2) is 4.39 Å². The topological polar surface area (TPSA) is 67.9 Å². The van der Waals surface area contributed by atoms with Crippen LogP contribution in [0.1, 0.15) is 18.9 Å². The van der Waals surface area contributed by atoms with Crippen LogP contribution in [-0.2, 0) is 25.5 Å². The Balaban J connectivity index is 1.89. The first-order chi connectivity index (χ1) is 12.0. The van der Waals surface area contributed by atoms with E-state index in [2.05, 4.69) is 5.32 Å². The molecule has 2 amide bonds. The molecule has 1 aromatic rings. The lowest BCUT2D eigenvalue weighted by molar-refractivity contribution is -0.165. The van der Waals surface area contributed by atoms with Gasteiger partial charge in [-0.15, -0.1) is 0 Å². The van der Waals surface area contributed by atoms with Gasteiger partial charge >= 0.3 is 0 Å². The Kier molecular flexibility index (Phi) is 6.90. The zero-order chi connectivity index (χ0) is 18.3. The van der Waals surface area contributed by atoms with Crippen LogP contribution in [0, 0.1) is 5.82 Å². The van der Waals surface area contributed by atoms with Crippen molar-refractivity contribution in [2.24, 2.45) is 0 Å². The summed E-state index contributed by atoms with van der Waals surface area (Å²) in [5, 5.41) is 2.79. The van der Waals surface area contributed by atoms with Gasteiger partial charge in [0.25, 0.3) is 0 Å². The molecule has 0 aliphatic carbocycles. The molecule has 0 saturated carbocycles. The van der Waals surface area contributed by atoms with E-state index in [1.807, 2.05) is 0 Å². The zero-order valence-electron chi connectivity index (χ0n) is 14.7. The van der Waals surface area contributed by atoms with Crippen molar-refractivity contribution < 1.29 is 23.5 Å². The molecule has 6 nitrogen and oxygen atoms in total. The molecule has 1 fully saturated rings. The lowest BCUT2D eigenvalue weighted by atomic mass is 9.97. The summed E-state index contributed by atoms with van der Waals surface area (Å²) < 4.78 is 24.6. The predicted molar refractivity (Wildman–Crippen MR) is 90.5 cm³/mol. The molecule has 1 aromatic carbocycles. The van der Waals surface area contributed by atoms with E-state index in [1.165, 1.54) is 20.1 Å². The summed E-state index contributed by atoms with van der Waals surface area (Å²) in [4.78, 5) is 25.6. The summed E-state index contributed by atoms with van der Waals surface area (Å²) in [6.45, 7) is 3.24. The molecule has 1 saturated heterocycles. The molecule has 0 radical (unpaired) electrons. The predicted octanol–water partition coefficient (Wildman–Crippen LogP) is 1.14. The molecule has 1 atom stereocenters. The molecule has 25 heavy (non-hydrogen) atoms. The Morgan fingerprint density at radius 3 is 2.84 bits per heavy atom. The molecule has 1 aliphatic rings. The number of halogens is 1. The average Bonchev–Trinajstić information content (AvgIpc) is 2.57. The molecule has 7 heteroatoms. The average molecular weight is 352 g/mol. The van der Waals surface area contributed by atoms with Crippen molar-refractivity contribution >= 4 is 11.8 Å². The Morgan fingerprint density at radius 1 is 1.40 bits per heavy atom. The van der Waals surface area contributed by atoms with Crippen LogP contribution in [0.4, 0.5) is 4.39 Å². The fourth-order valence-corrected chi connectivity index (χ4v) is 3.01. The van der Waals surface area contributed by atoms with Gasteiger partial charge < -0.3 is 19.7 Å². The molecule has 0 bridgehead atoms. The summed E-state index contributed by atoms with van der Waals surface area (Å²) >= 11 is 0. The molecule has 0 spiro atoms. The number of rotatable bonds is 7. The van der Waals surface area contributed by atoms with Crippen LogP contribution in [0.5, 0.6) is 0 Å². The Bertz CT molecular complexity index is 606. The first kappa shape index (κ1) is 19.3. The van der Waals surface area contributed by atoms with Gasteiger partial charge in [0.2, 0.25) is 11.8 Å². The maximum Gasteiger partial charge on any atom is 0.223 e. The van der Waals surface area contributed by atoms with Gasteiger partial charge in [0.1, 0.15) is 11.4 Å². The number of amides is 2. The summed E-state index contributed by atoms with van der Waals surface area (Å²) in [6.07, 6.45) is 0.498. The molecular weight excluding hydrogens is 327 g/mol. The Morgan fingerprint density at radius 2 is 2.16 bits per heavy atom. The van der Waals surface area contributed by atoms with E-state index in [-0.39, 0.29) is 30.7 Å². The number of benzene rings is 1. The van der Waals surface area contributed by atoms with Crippen molar-refractivity contribution in [3.05, 3.63) is 35.6 Å². The fraction of sp³-hybridized carbons (Fsp3) is 0.556. The van der Waals surface area contributed by atoms with E-state index in [4.69, 9.17) is 9.47 Å². The van der Waals surface area contributed by atoms with E-state index >= 15 is 0 Å². The van der Waals surface area contributed by atoms with Crippen LogP contribution in [0.2, 0.25) is 0 Å². The van der Waals surface area contributed by atoms with Crippen molar-refractivity contribution in [3.63, 3.8) is 0 Å². The highest BCUT2D eigenvalue weighted by molar-refractivity contribution is 5.78. The van der Waals surface area contributed by atoms with Gasteiger partial charge in [-0.2, -0.15) is 0 Å². The minimum absolute atomic E-state index is 0.0521. The van der Waals surface area contributed by atoms with E-state index in [0.717, 1.165) is 0 Å². The molecule has 0 aromatic heterocycles. The standard InChI is InChI=1S/C18H25FN2O4/c1-14(22)21-9-10-25-18(12-21,13-24-2)11-17(23)20-8-7-15-5-3-4-6-16(15)19/h3-6H,7-13H2,1-2H3,(H,20,23)/t18-/m1/s1. The molecule has 0 unspecified atom stereocenters. The van der Waals surface area contributed by atoms with Gasteiger partial charge in [0.15, 0.2) is 0 Å². The van der Waals surface area contributed by atoms with Gasteiger partial charge in [0, 0.05) is 27.1 Å². The van der Waals surface area contributed by atoms with Crippen molar-refractivity contribution in [2.45, 2.75) is 25.4 Å². The lowest BCUT2D eigenvalue weighted by Crippen LogP contribution is -2.57. The molecular formula is C18H25FN2O4. The summed E-state index contributed by atoms with van der Waals surface area (Å²) in [7, 11) is 1.54. The zero-order valence-corrected chi connectivity index (χ0v) is 14.7. The van der Waals surface area contributed by atoms with Crippen molar-refractivity contribution in [2.75, 3.05) is 40.0 Å². The Hall–Kier alpha value is -1.99. The maximum atomic E-state index is 13.6. The third-order valence-electron chi connectivity index (χ3n) is 4.26. The van der Waals surface area contributed by atoms with Crippen LogP contribution in [-0.4, -0.2) is 62.3 Å². The maximum absolute atomic E-state index is 13.6. The third-order valence-corrected chi connectivity index (χ3v) is 4.26. The molecule has 1 N–H and O–H groups in total. The molecule has 138 valence electrons. The Labute approximate surface area is 147 Å². The number of carbonyl (C=O) groups excluding carboxylic acids is 2. The van der Waals surface area contributed by atoms with E-state index in [9.17, 15) is 14.0 Å². The lowest BCUT2D eigenvalue weighted by Gasteiger charge is -2.41. The van der Waals surface area contributed by atoms with Crippen LogP contribution < -0.4 is 5.32 Å². The summed E-state index contributed by atoms with van der Waals surface area (Å²) in [6, 6.07) is 6.49. The van der Waals surface area contributed by atoms with Crippen LogP contribution in [0.25, 0.3) is 0 Å². The summed E-state index contributed by atoms with van der Waals surface area (Å²) in [5.74, 6) is -0.539. The van der Waals surface area contributed by atoms with E-state index < -0.39 is 5.60 Å².